The summed E-state index contributed by atoms with van der Waals surface area (Å²) < 4.78 is 5.78. The zero-order chi connectivity index (χ0) is 13.0. The van der Waals surface area contributed by atoms with Gasteiger partial charge in [0.05, 0.1) is 12.0 Å². The maximum Gasteiger partial charge on any atom is 0.227 e. The molecule has 0 aliphatic carbocycles. The Hall–Kier alpha value is -1.36. The van der Waals surface area contributed by atoms with E-state index in [1.54, 1.807) is 11.3 Å². The van der Waals surface area contributed by atoms with Crippen LogP contribution in [0.2, 0.25) is 0 Å². The van der Waals surface area contributed by atoms with Crippen molar-refractivity contribution in [3.05, 3.63) is 10.9 Å². The van der Waals surface area contributed by atoms with Gasteiger partial charge in [0.15, 0.2) is 0 Å². The Kier molecular flexibility index (Phi) is 4.36. The highest BCUT2D eigenvalue weighted by molar-refractivity contribution is 7.18. The largest absolute Gasteiger partial charge is 0.477 e. The first-order valence-electron chi connectivity index (χ1n) is 6.39. The van der Waals surface area contributed by atoms with Crippen molar-refractivity contribution < 1.29 is 4.74 Å². The summed E-state index contributed by atoms with van der Waals surface area (Å²) in [6.45, 7) is 7.78. The van der Waals surface area contributed by atoms with Crippen molar-refractivity contribution in [2.24, 2.45) is 0 Å². The van der Waals surface area contributed by atoms with Crippen molar-refractivity contribution in [2.75, 3.05) is 18.5 Å². The molecule has 0 saturated heterocycles. The van der Waals surface area contributed by atoms with Crippen LogP contribution >= 0.6 is 11.3 Å². The Bertz CT molecular complexity index is 524. The molecule has 0 radical (unpaired) electrons. The van der Waals surface area contributed by atoms with E-state index < -0.39 is 0 Å². The molecule has 0 atom stereocenters. The van der Waals surface area contributed by atoms with Gasteiger partial charge in [-0.3, -0.25) is 0 Å². The molecule has 0 aliphatic rings. The second kappa shape index (κ2) is 6.00. The van der Waals surface area contributed by atoms with Crippen LogP contribution in [-0.2, 0) is 0 Å². The summed E-state index contributed by atoms with van der Waals surface area (Å²) in [6, 6.07) is 2.09. The fourth-order valence-corrected chi connectivity index (χ4v) is 2.55. The molecular weight excluding hydrogens is 246 g/mol. The van der Waals surface area contributed by atoms with Crippen LogP contribution < -0.4 is 10.1 Å². The second-order valence-corrected chi connectivity index (χ2v) is 5.40. The van der Waals surface area contributed by atoms with E-state index in [1.807, 2.05) is 6.92 Å². The summed E-state index contributed by atoms with van der Waals surface area (Å²) in [5.41, 5.74) is 0. The Morgan fingerprint density at radius 1 is 1.33 bits per heavy atom. The third-order valence-corrected chi connectivity index (χ3v) is 3.50. The molecule has 2 aromatic rings. The lowest BCUT2D eigenvalue weighted by molar-refractivity contribution is 0.302. The van der Waals surface area contributed by atoms with Gasteiger partial charge in [0.25, 0.3) is 0 Å². The summed E-state index contributed by atoms with van der Waals surface area (Å²) >= 11 is 1.67. The Balaban J connectivity index is 2.33. The van der Waals surface area contributed by atoms with Crippen molar-refractivity contribution in [1.82, 2.24) is 9.97 Å². The van der Waals surface area contributed by atoms with E-state index in [0.29, 0.717) is 18.4 Å². The van der Waals surface area contributed by atoms with Gasteiger partial charge < -0.3 is 10.1 Å². The minimum atomic E-state index is 0.651. The van der Waals surface area contributed by atoms with Crippen LogP contribution in [0.4, 0.5) is 5.95 Å². The number of fused-ring (bicyclic) bond motifs is 1. The summed E-state index contributed by atoms with van der Waals surface area (Å²) in [5.74, 6) is 1.35. The lowest BCUT2D eigenvalue weighted by Crippen LogP contribution is -2.05. The van der Waals surface area contributed by atoms with Crippen molar-refractivity contribution in [1.29, 1.82) is 0 Å². The standard InChI is InChI=1S/C13H19N3OS/c1-4-6-7-17-11-10-8-9(3)18-12(10)16-13(15-11)14-5-2/h8H,4-7H2,1-3H3,(H,14,15,16). The Morgan fingerprint density at radius 2 is 2.17 bits per heavy atom. The zero-order valence-corrected chi connectivity index (χ0v) is 11.9. The predicted octanol–water partition coefficient (Wildman–Crippen LogP) is 3.61. The number of aromatic nitrogens is 2. The highest BCUT2D eigenvalue weighted by atomic mass is 32.1. The molecule has 4 nitrogen and oxygen atoms in total. The van der Waals surface area contributed by atoms with Crippen LogP contribution in [0.25, 0.3) is 10.2 Å². The van der Waals surface area contributed by atoms with Crippen LogP contribution in [0.5, 0.6) is 5.88 Å². The quantitative estimate of drug-likeness (QED) is 0.810. The van der Waals surface area contributed by atoms with E-state index in [9.17, 15) is 0 Å². The van der Waals surface area contributed by atoms with Gasteiger partial charge in [-0.25, -0.2) is 4.98 Å². The van der Waals surface area contributed by atoms with Crippen LogP contribution in [-0.4, -0.2) is 23.1 Å². The van der Waals surface area contributed by atoms with Gasteiger partial charge in [0.2, 0.25) is 11.8 Å². The summed E-state index contributed by atoms with van der Waals surface area (Å²) in [7, 11) is 0. The number of rotatable bonds is 6. The first-order chi connectivity index (χ1) is 8.74. The van der Waals surface area contributed by atoms with E-state index in [4.69, 9.17) is 4.74 Å². The second-order valence-electron chi connectivity index (χ2n) is 4.16. The average Bonchev–Trinajstić information content (AvgIpc) is 2.70. The Labute approximate surface area is 111 Å². The minimum Gasteiger partial charge on any atom is -0.477 e. The fraction of sp³-hybridized carbons (Fsp3) is 0.538. The van der Waals surface area contributed by atoms with Crippen molar-refractivity contribution >= 4 is 27.5 Å². The van der Waals surface area contributed by atoms with Crippen molar-refractivity contribution in [3.63, 3.8) is 0 Å². The van der Waals surface area contributed by atoms with Gasteiger partial charge in [0, 0.05) is 11.4 Å². The predicted molar refractivity (Wildman–Crippen MR) is 76.7 cm³/mol. The number of ether oxygens (including phenoxy) is 1. The highest BCUT2D eigenvalue weighted by Crippen LogP contribution is 2.31. The number of nitrogens with one attached hydrogen (secondary N) is 1. The SMILES string of the molecule is CCCCOc1nc(NCC)nc2sc(C)cc12. The minimum absolute atomic E-state index is 0.651. The molecule has 5 heteroatoms. The van der Waals surface area contributed by atoms with Crippen LogP contribution in [0, 0.1) is 6.92 Å². The molecule has 0 fully saturated rings. The van der Waals surface area contributed by atoms with E-state index in [2.05, 4.69) is 35.2 Å². The molecule has 0 amide bonds. The van der Waals surface area contributed by atoms with Crippen molar-refractivity contribution in [3.8, 4) is 5.88 Å². The molecule has 98 valence electrons. The molecule has 2 aromatic heterocycles. The van der Waals surface area contributed by atoms with Crippen LogP contribution in [0.1, 0.15) is 31.6 Å². The molecule has 0 unspecified atom stereocenters. The fourth-order valence-electron chi connectivity index (χ4n) is 1.68. The molecule has 18 heavy (non-hydrogen) atoms. The first kappa shape index (κ1) is 13.1. The number of aryl methyl sites for hydroxylation is 1. The Morgan fingerprint density at radius 3 is 2.89 bits per heavy atom. The van der Waals surface area contributed by atoms with Crippen molar-refractivity contribution in [2.45, 2.75) is 33.6 Å². The lowest BCUT2D eigenvalue weighted by Gasteiger charge is -2.08. The third-order valence-electron chi connectivity index (χ3n) is 2.55. The number of thiophene rings is 1. The molecule has 0 bridgehead atoms. The summed E-state index contributed by atoms with van der Waals surface area (Å²) in [4.78, 5) is 11.1. The molecule has 1 N–H and O–H groups in total. The van der Waals surface area contributed by atoms with E-state index in [1.165, 1.54) is 4.88 Å². The van der Waals surface area contributed by atoms with Gasteiger partial charge >= 0.3 is 0 Å². The van der Waals surface area contributed by atoms with E-state index >= 15 is 0 Å². The van der Waals surface area contributed by atoms with Gasteiger partial charge in [-0.05, 0) is 26.3 Å². The number of anilines is 1. The number of hydrogen-bond acceptors (Lipinski definition) is 5. The molecule has 0 aromatic carbocycles. The zero-order valence-electron chi connectivity index (χ0n) is 11.1. The van der Waals surface area contributed by atoms with Gasteiger partial charge in [-0.1, -0.05) is 13.3 Å². The highest BCUT2D eigenvalue weighted by Gasteiger charge is 2.11. The number of unbranched alkanes of at least 4 members (excludes halogenated alkanes) is 1. The summed E-state index contributed by atoms with van der Waals surface area (Å²) in [5, 5.41) is 4.17. The third kappa shape index (κ3) is 2.90. The molecule has 2 rings (SSSR count). The van der Waals surface area contributed by atoms with E-state index in [0.717, 1.165) is 29.6 Å². The first-order valence-corrected chi connectivity index (χ1v) is 7.21. The van der Waals surface area contributed by atoms with Crippen LogP contribution in [0.3, 0.4) is 0 Å². The molecule has 0 spiro atoms. The number of hydrogen-bond donors (Lipinski definition) is 1. The van der Waals surface area contributed by atoms with E-state index in [-0.39, 0.29) is 0 Å². The maximum atomic E-state index is 5.78. The lowest BCUT2D eigenvalue weighted by atomic mass is 10.3. The number of nitrogens with zero attached hydrogens (tertiary/aromatic N) is 2. The average molecular weight is 265 g/mol. The topological polar surface area (TPSA) is 47.0 Å². The van der Waals surface area contributed by atoms with Gasteiger partial charge in [-0.15, -0.1) is 11.3 Å². The van der Waals surface area contributed by atoms with Gasteiger partial charge in [0.1, 0.15) is 4.83 Å². The molecular formula is C13H19N3OS. The smallest absolute Gasteiger partial charge is 0.227 e. The normalized spacial score (nSPS) is 10.8. The molecule has 0 saturated carbocycles. The van der Waals surface area contributed by atoms with Gasteiger partial charge in [-0.2, -0.15) is 4.98 Å². The maximum absolute atomic E-state index is 5.78. The molecule has 0 aliphatic heterocycles. The monoisotopic (exact) mass is 265 g/mol. The molecule has 2 heterocycles. The summed E-state index contributed by atoms with van der Waals surface area (Å²) in [6.07, 6.45) is 2.17. The van der Waals surface area contributed by atoms with Crippen LogP contribution in [0.15, 0.2) is 6.07 Å².